The summed E-state index contributed by atoms with van der Waals surface area (Å²) in [4.78, 5) is 4.28. The highest BCUT2D eigenvalue weighted by molar-refractivity contribution is 9.10. The first kappa shape index (κ1) is 13.7. The van der Waals surface area contributed by atoms with Crippen LogP contribution in [-0.4, -0.2) is 4.98 Å². The predicted octanol–water partition coefficient (Wildman–Crippen LogP) is 5.73. The molecule has 1 aromatic heterocycles. The van der Waals surface area contributed by atoms with E-state index in [-0.39, 0.29) is 10.2 Å². The first-order valence-corrected chi connectivity index (χ1v) is 7.49. The Morgan fingerprint density at radius 1 is 1.15 bits per heavy atom. The molecule has 1 heterocycles. The zero-order chi connectivity index (χ0) is 14.3. The second-order valence-corrected chi connectivity index (χ2v) is 6.32. The SMILES string of the molecule is Fc1cc(Nc2nc3cc(Cl)ccc3s2)c(F)cc1Br. The van der Waals surface area contributed by atoms with Crippen molar-refractivity contribution >= 4 is 59.9 Å². The van der Waals surface area contributed by atoms with Gasteiger partial charge in [0.15, 0.2) is 5.13 Å². The molecular weight excluding hydrogens is 370 g/mol. The van der Waals surface area contributed by atoms with E-state index in [0.29, 0.717) is 15.7 Å². The molecule has 0 bridgehead atoms. The van der Waals surface area contributed by atoms with Crippen LogP contribution in [0.5, 0.6) is 0 Å². The smallest absolute Gasteiger partial charge is 0.188 e. The number of aromatic nitrogens is 1. The van der Waals surface area contributed by atoms with Crippen LogP contribution in [0.2, 0.25) is 5.02 Å². The highest BCUT2D eigenvalue weighted by Crippen LogP contribution is 2.32. The zero-order valence-electron chi connectivity index (χ0n) is 9.75. The molecular formula is C13H6BrClF2N2S. The van der Waals surface area contributed by atoms with Gasteiger partial charge in [-0.3, -0.25) is 0 Å². The largest absolute Gasteiger partial charge is 0.329 e. The van der Waals surface area contributed by atoms with Crippen LogP contribution in [0.25, 0.3) is 10.2 Å². The van der Waals surface area contributed by atoms with Crippen molar-refractivity contribution in [2.24, 2.45) is 0 Å². The van der Waals surface area contributed by atoms with Crippen LogP contribution in [0.4, 0.5) is 19.6 Å². The standard InChI is InChI=1S/C13H6BrClF2N2S/c14-7-4-9(17)10(5-8(7)16)18-13-19-11-3-6(15)1-2-12(11)20-13/h1-5H,(H,18,19). The zero-order valence-corrected chi connectivity index (χ0v) is 12.9. The third kappa shape index (κ3) is 2.63. The van der Waals surface area contributed by atoms with Gasteiger partial charge in [-0.15, -0.1) is 0 Å². The molecule has 0 spiro atoms. The summed E-state index contributed by atoms with van der Waals surface area (Å²) in [5.41, 5.74) is 0.749. The summed E-state index contributed by atoms with van der Waals surface area (Å²) in [6.45, 7) is 0. The van der Waals surface area contributed by atoms with E-state index in [0.717, 1.165) is 16.8 Å². The van der Waals surface area contributed by atoms with Gasteiger partial charge in [0.2, 0.25) is 0 Å². The third-order valence-corrected chi connectivity index (χ3v) is 4.40. The molecule has 7 heteroatoms. The number of anilines is 2. The van der Waals surface area contributed by atoms with Gasteiger partial charge in [0.1, 0.15) is 11.6 Å². The minimum absolute atomic E-state index is 0.0378. The molecule has 20 heavy (non-hydrogen) atoms. The molecule has 3 rings (SSSR count). The number of halogens is 4. The second-order valence-electron chi connectivity index (χ2n) is 4.00. The van der Waals surface area contributed by atoms with Crippen LogP contribution < -0.4 is 5.32 Å². The lowest BCUT2D eigenvalue weighted by Crippen LogP contribution is -1.94. The van der Waals surface area contributed by atoms with Gasteiger partial charge in [-0.25, -0.2) is 13.8 Å². The molecule has 3 aromatic rings. The van der Waals surface area contributed by atoms with Crippen molar-refractivity contribution in [3.05, 3.63) is 51.5 Å². The van der Waals surface area contributed by atoms with Crippen molar-refractivity contribution in [1.82, 2.24) is 4.98 Å². The molecule has 102 valence electrons. The van der Waals surface area contributed by atoms with E-state index in [9.17, 15) is 8.78 Å². The fraction of sp³-hybridized carbons (Fsp3) is 0. The lowest BCUT2D eigenvalue weighted by atomic mass is 10.3. The minimum atomic E-state index is -0.560. The first-order chi connectivity index (χ1) is 9.52. The van der Waals surface area contributed by atoms with E-state index < -0.39 is 11.6 Å². The molecule has 1 N–H and O–H groups in total. The van der Waals surface area contributed by atoms with Gasteiger partial charge < -0.3 is 5.32 Å². The van der Waals surface area contributed by atoms with Crippen molar-refractivity contribution in [1.29, 1.82) is 0 Å². The molecule has 0 fully saturated rings. The van der Waals surface area contributed by atoms with E-state index in [1.807, 2.05) is 6.07 Å². The summed E-state index contributed by atoms with van der Waals surface area (Å²) in [7, 11) is 0. The quantitative estimate of drug-likeness (QED) is 0.578. The van der Waals surface area contributed by atoms with Gasteiger partial charge in [0, 0.05) is 11.1 Å². The summed E-state index contributed by atoms with van der Waals surface area (Å²) in [5, 5.41) is 3.83. The molecule has 0 aliphatic rings. The topological polar surface area (TPSA) is 24.9 Å². The van der Waals surface area contributed by atoms with Gasteiger partial charge in [-0.1, -0.05) is 22.9 Å². The van der Waals surface area contributed by atoms with Crippen molar-refractivity contribution < 1.29 is 8.78 Å². The Bertz CT molecular complexity index is 806. The highest BCUT2D eigenvalue weighted by Gasteiger charge is 2.11. The molecule has 0 unspecified atom stereocenters. The van der Waals surface area contributed by atoms with Crippen molar-refractivity contribution in [2.75, 3.05) is 5.32 Å². The Balaban J connectivity index is 1.99. The number of benzene rings is 2. The van der Waals surface area contributed by atoms with Crippen molar-refractivity contribution in [3.8, 4) is 0 Å². The van der Waals surface area contributed by atoms with Crippen LogP contribution in [0.1, 0.15) is 0 Å². The number of hydrogen-bond acceptors (Lipinski definition) is 3. The number of hydrogen-bond donors (Lipinski definition) is 1. The molecule has 0 radical (unpaired) electrons. The van der Waals surface area contributed by atoms with Gasteiger partial charge in [-0.05, 0) is 40.2 Å². The number of rotatable bonds is 2. The Kier molecular flexibility index (Phi) is 3.62. The van der Waals surface area contributed by atoms with Crippen molar-refractivity contribution in [3.63, 3.8) is 0 Å². The van der Waals surface area contributed by atoms with Crippen LogP contribution in [0.15, 0.2) is 34.8 Å². The van der Waals surface area contributed by atoms with Gasteiger partial charge in [0.25, 0.3) is 0 Å². The second kappa shape index (κ2) is 5.27. The normalized spacial score (nSPS) is 11.0. The Morgan fingerprint density at radius 3 is 2.75 bits per heavy atom. The first-order valence-electron chi connectivity index (χ1n) is 5.50. The van der Waals surface area contributed by atoms with Crippen LogP contribution >= 0.6 is 38.9 Å². The average molecular weight is 376 g/mol. The Hall–Kier alpha value is -1.24. The Labute approximate surface area is 130 Å². The number of nitrogens with zero attached hydrogens (tertiary/aromatic N) is 1. The summed E-state index contributed by atoms with van der Waals surface area (Å²) in [5.74, 6) is -1.10. The molecule has 0 aliphatic carbocycles. The minimum Gasteiger partial charge on any atom is -0.329 e. The van der Waals surface area contributed by atoms with Crippen LogP contribution in [0.3, 0.4) is 0 Å². The lowest BCUT2D eigenvalue weighted by molar-refractivity contribution is 0.598. The summed E-state index contributed by atoms with van der Waals surface area (Å²) in [6.07, 6.45) is 0. The van der Waals surface area contributed by atoms with E-state index >= 15 is 0 Å². The maximum atomic E-state index is 13.7. The van der Waals surface area contributed by atoms with E-state index in [1.165, 1.54) is 11.3 Å². The maximum absolute atomic E-state index is 13.7. The van der Waals surface area contributed by atoms with Crippen LogP contribution in [-0.2, 0) is 0 Å². The fourth-order valence-electron chi connectivity index (χ4n) is 1.69. The average Bonchev–Trinajstić information content (AvgIpc) is 2.77. The maximum Gasteiger partial charge on any atom is 0.188 e. The molecule has 0 saturated heterocycles. The van der Waals surface area contributed by atoms with Crippen LogP contribution in [0, 0.1) is 11.6 Å². The molecule has 0 aliphatic heterocycles. The van der Waals surface area contributed by atoms with E-state index in [4.69, 9.17) is 11.6 Å². The monoisotopic (exact) mass is 374 g/mol. The molecule has 0 saturated carbocycles. The lowest BCUT2D eigenvalue weighted by Gasteiger charge is -2.05. The van der Waals surface area contributed by atoms with Crippen molar-refractivity contribution in [2.45, 2.75) is 0 Å². The highest BCUT2D eigenvalue weighted by atomic mass is 79.9. The molecule has 0 atom stereocenters. The fourth-order valence-corrected chi connectivity index (χ4v) is 3.03. The summed E-state index contributed by atoms with van der Waals surface area (Å²) >= 11 is 10.2. The van der Waals surface area contributed by atoms with E-state index in [2.05, 4.69) is 26.2 Å². The Morgan fingerprint density at radius 2 is 1.95 bits per heavy atom. The molecule has 2 aromatic carbocycles. The molecule has 0 amide bonds. The molecule has 2 nitrogen and oxygen atoms in total. The third-order valence-electron chi connectivity index (χ3n) is 2.60. The van der Waals surface area contributed by atoms with E-state index in [1.54, 1.807) is 12.1 Å². The van der Waals surface area contributed by atoms with Gasteiger partial charge >= 0.3 is 0 Å². The summed E-state index contributed by atoms with van der Waals surface area (Å²) < 4.78 is 28.2. The number of fused-ring (bicyclic) bond motifs is 1. The predicted molar refractivity (Wildman–Crippen MR) is 82.0 cm³/mol. The number of nitrogens with one attached hydrogen (secondary N) is 1. The van der Waals surface area contributed by atoms with Gasteiger partial charge in [0.05, 0.1) is 20.4 Å². The summed E-state index contributed by atoms with van der Waals surface area (Å²) in [6, 6.07) is 7.46. The van der Waals surface area contributed by atoms with Gasteiger partial charge in [-0.2, -0.15) is 0 Å². The number of thiazole rings is 1.